The highest BCUT2D eigenvalue weighted by Crippen LogP contribution is 2.24. The van der Waals surface area contributed by atoms with Crippen LogP contribution in [0.15, 0.2) is 35.1 Å². The highest BCUT2D eigenvalue weighted by atomic mass is 16.2. The van der Waals surface area contributed by atoms with Crippen molar-refractivity contribution in [3.63, 3.8) is 0 Å². The smallest absolute Gasteiger partial charge is 0.329 e. The Morgan fingerprint density at radius 3 is 2.45 bits per heavy atom. The Hall–Kier alpha value is -4.15. The Bertz CT molecular complexity index is 1320. The second-order valence-electron chi connectivity index (χ2n) is 7.92. The number of rotatable bonds is 6. The van der Waals surface area contributed by atoms with E-state index in [4.69, 9.17) is 0 Å². The second kappa shape index (κ2) is 8.77. The van der Waals surface area contributed by atoms with Crippen molar-refractivity contribution in [3.8, 4) is 0 Å². The van der Waals surface area contributed by atoms with E-state index in [-0.39, 0.29) is 36.4 Å². The number of carbonyl (C=O) groups excluding carboxylic acids is 3. The van der Waals surface area contributed by atoms with Crippen LogP contribution in [0.5, 0.6) is 0 Å². The van der Waals surface area contributed by atoms with Crippen LogP contribution >= 0.6 is 0 Å². The fourth-order valence-corrected chi connectivity index (χ4v) is 3.71. The summed E-state index contributed by atoms with van der Waals surface area (Å²) < 4.78 is 2.88. The Balaban J connectivity index is 1.36. The number of hydrogen-bond donors (Lipinski definition) is 3. The van der Waals surface area contributed by atoms with Crippen LogP contribution in [0.25, 0.3) is 11.2 Å². The third-order valence-corrected chi connectivity index (χ3v) is 5.62. The van der Waals surface area contributed by atoms with E-state index in [1.165, 1.54) is 9.13 Å². The molecule has 1 aromatic carbocycles. The van der Waals surface area contributed by atoms with E-state index < -0.39 is 0 Å². The molecule has 0 bridgehead atoms. The number of anilines is 3. The van der Waals surface area contributed by atoms with E-state index in [9.17, 15) is 19.2 Å². The number of carbonyl (C=O) groups is 3. The molecule has 1 aliphatic rings. The molecule has 1 fully saturated rings. The number of amides is 4. The number of nitrogens with one attached hydrogen (secondary N) is 3. The lowest BCUT2D eigenvalue weighted by atomic mass is 10.1. The summed E-state index contributed by atoms with van der Waals surface area (Å²) in [5.41, 5.74) is 3.05. The van der Waals surface area contributed by atoms with Crippen molar-refractivity contribution in [1.29, 1.82) is 0 Å². The SMILES string of the molecule is Cc1ccc(N2CCNC2=O)cc1NC(=O)CCC(=O)Nc1ccc2c(n1)n(C)c(=O)n2C. The van der Waals surface area contributed by atoms with Gasteiger partial charge in [-0.25, -0.2) is 14.6 Å². The lowest BCUT2D eigenvalue weighted by Gasteiger charge is -2.17. The molecular weight excluding hydrogens is 426 g/mol. The van der Waals surface area contributed by atoms with Crippen molar-refractivity contribution in [1.82, 2.24) is 19.4 Å². The minimum Gasteiger partial charge on any atom is -0.336 e. The van der Waals surface area contributed by atoms with Gasteiger partial charge in [-0.3, -0.25) is 23.6 Å². The molecule has 11 heteroatoms. The van der Waals surface area contributed by atoms with E-state index in [0.717, 1.165) is 5.56 Å². The topological polar surface area (TPSA) is 130 Å². The normalized spacial score (nSPS) is 13.3. The van der Waals surface area contributed by atoms with Crippen LogP contribution in [-0.4, -0.2) is 45.1 Å². The van der Waals surface area contributed by atoms with Crippen LogP contribution in [0.3, 0.4) is 0 Å². The predicted molar refractivity (Wildman–Crippen MR) is 124 cm³/mol. The molecule has 0 atom stereocenters. The number of nitrogens with zero attached hydrogens (tertiary/aromatic N) is 4. The van der Waals surface area contributed by atoms with Crippen LogP contribution in [0, 0.1) is 6.92 Å². The zero-order valence-corrected chi connectivity index (χ0v) is 18.6. The molecule has 3 heterocycles. The third-order valence-electron chi connectivity index (χ3n) is 5.62. The first-order valence-corrected chi connectivity index (χ1v) is 10.5. The summed E-state index contributed by atoms with van der Waals surface area (Å²) in [5, 5.41) is 8.23. The van der Waals surface area contributed by atoms with Crippen molar-refractivity contribution in [2.75, 3.05) is 28.6 Å². The number of imidazole rings is 1. The molecule has 1 saturated heterocycles. The van der Waals surface area contributed by atoms with Gasteiger partial charge < -0.3 is 16.0 Å². The van der Waals surface area contributed by atoms with Gasteiger partial charge in [-0.15, -0.1) is 0 Å². The molecule has 3 N–H and O–H groups in total. The standard InChI is InChI=1S/C22H25N7O4/c1-13-4-5-14(29-11-10-23-21(29)32)12-15(13)24-18(30)8-9-19(31)25-17-7-6-16-20(26-17)28(3)22(33)27(16)2/h4-7,12H,8-11H2,1-3H3,(H,23,32)(H,24,30)(H,25,26,31). The molecule has 172 valence electrons. The molecule has 3 aromatic rings. The molecule has 0 radical (unpaired) electrons. The van der Waals surface area contributed by atoms with E-state index in [1.807, 2.05) is 19.1 Å². The average molecular weight is 451 g/mol. The average Bonchev–Trinajstić information content (AvgIpc) is 3.31. The number of pyridine rings is 1. The molecule has 0 spiro atoms. The summed E-state index contributed by atoms with van der Waals surface area (Å²) in [6.07, 6.45) is -0.0572. The van der Waals surface area contributed by atoms with E-state index in [2.05, 4.69) is 20.9 Å². The Morgan fingerprint density at radius 2 is 1.76 bits per heavy atom. The molecule has 11 nitrogen and oxygen atoms in total. The summed E-state index contributed by atoms with van der Waals surface area (Å²) in [7, 11) is 3.27. The van der Waals surface area contributed by atoms with Gasteiger partial charge in [0.1, 0.15) is 5.82 Å². The third kappa shape index (κ3) is 4.43. The predicted octanol–water partition coefficient (Wildman–Crippen LogP) is 1.47. The zero-order chi connectivity index (χ0) is 23.7. The Labute approximate surface area is 189 Å². The van der Waals surface area contributed by atoms with Crippen LogP contribution in [-0.2, 0) is 23.7 Å². The van der Waals surface area contributed by atoms with Gasteiger partial charge in [0.2, 0.25) is 11.8 Å². The van der Waals surface area contributed by atoms with E-state index in [0.29, 0.717) is 41.4 Å². The van der Waals surface area contributed by atoms with Crippen LogP contribution < -0.4 is 26.5 Å². The van der Waals surface area contributed by atoms with Gasteiger partial charge in [0.15, 0.2) is 5.65 Å². The number of aryl methyl sites for hydroxylation is 3. The maximum Gasteiger partial charge on any atom is 0.329 e. The first kappa shape index (κ1) is 22.1. The second-order valence-corrected chi connectivity index (χ2v) is 7.92. The maximum atomic E-state index is 12.4. The number of aromatic nitrogens is 3. The van der Waals surface area contributed by atoms with Crippen molar-refractivity contribution in [2.24, 2.45) is 14.1 Å². The molecule has 4 amide bonds. The quantitative estimate of drug-likeness (QED) is 0.522. The molecule has 0 aliphatic carbocycles. The summed E-state index contributed by atoms with van der Waals surface area (Å²) in [4.78, 5) is 54.6. The number of urea groups is 1. The van der Waals surface area contributed by atoms with Gasteiger partial charge >= 0.3 is 11.7 Å². The molecule has 2 aromatic heterocycles. The first-order valence-electron chi connectivity index (χ1n) is 10.5. The first-order chi connectivity index (χ1) is 15.7. The monoisotopic (exact) mass is 451 g/mol. The molecule has 4 rings (SSSR count). The fraction of sp³-hybridized carbons (Fsp3) is 0.318. The highest BCUT2D eigenvalue weighted by molar-refractivity contribution is 5.98. The molecule has 0 unspecified atom stereocenters. The van der Waals surface area contributed by atoms with Crippen LogP contribution in [0.2, 0.25) is 0 Å². The van der Waals surface area contributed by atoms with Gasteiger partial charge in [0.25, 0.3) is 0 Å². The van der Waals surface area contributed by atoms with Crippen LogP contribution in [0.4, 0.5) is 22.0 Å². The highest BCUT2D eigenvalue weighted by Gasteiger charge is 2.22. The molecule has 0 saturated carbocycles. The summed E-state index contributed by atoms with van der Waals surface area (Å²) >= 11 is 0. The Kier molecular flexibility index (Phi) is 5.86. The minimum absolute atomic E-state index is 0.0221. The van der Waals surface area contributed by atoms with Gasteiger partial charge in [-0.1, -0.05) is 6.07 Å². The van der Waals surface area contributed by atoms with E-state index >= 15 is 0 Å². The van der Waals surface area contributed by atoms with Crippen molar-refractivity contribution < 1.29 is 14.4 Å². The fourth-order valence-electron chi connectivity index (χ4n) is 3.71. The van der Waals surface area contributed by atoms with Crippen LogP contribution in [0.1, 0.15) is 18.4 Å². The molecule has 33 heavy (non-hydrogen) atoms. The number of benzene rings is 1. The van der Waals surface area contributed by atoms with Crippen molar-refractivity contribution in [2.45, 2.75) is 19.8 Å². The van der Waals surface area contributed by atoms with Gasteiger partial charge in [0.05, 0.1) is 5.52 Å². The maximum absolute atomic E-state index is 12.4. The van der Waals surface area contributed by atoms with Gasteiger partial charge in [0, 0.05) is 51.4 Å². The van der Waals surface area contributed by atoms with Gasteiger partial charge in [-0.2, -0.15) is 0 Å². The number of hydrogen-bond acceptors (Lipinski definition) is 5. The lowest BCUT2D eigenvalue weighted by Crippen LogP contribution is -2.27. The minimum atomic E-state index is -0.364. The molecular formula is C22H25N7O4. The number of fused-ring (bicyclic) bond motifs is 1. The lowest BCUT2D eigenvalue weighted by molar-refractivity contribution is -0.121. The zero-order valence-electron chi connectivity index (χ0n) is 18.6. The summed E-state index contributed by atoms with van der Waals surface area (Å²) in [6, 6.07) is 8.57. The molecule has 1 aliphatic heterocycles. The summed E-state index contributed by atoms with van der Waals surface area (Å²) in [5.74, 6) is -0.371. The summed E-state index contributed by atoms with van der Waals surface area (Å²) in [6.45, 7) is 2.99. The van der Waals surface area contributed by atoms with Gasteiger partial charge in [-0.05, 0) is 36.8 Å². The van der Waals surface area contributed by atoms with Crippen molar-refractivity contribution in [3.05, 3.63) is 46.4 Å². The van der Waals surface area contributed by atoms with Crippen molar-refractivity contribution >= 4 is 46.2 Å². The van der Waals surface area contributed by atoms with E-state index in [1.54, 1.807) is 37.2 Å². The largest absolute Gasteiger partial charge is 0.336 e. The Morgan fingerprint density at radius 1 is 1.03 bits per heavy atom.